The van der Waals surface area contributed by atoms with Crippen LogP contribution in [-0.2, 0) is 7.05 Å². The molecule has 4 aromatic rings. The van der Waals surface area contributed by atoms with Gasteiger partial charge in [0.05, 0.1) is 11.4 Å². The van der Waals surface area contributed by atoms with E-state index in [2.05, 4.69) is 48.7 Å². The van der Waals surface area contributed by atoms with Gasteiger partial charge < -0.3 is 8.97 Å². The second-order valence-corrected chi connectivity index (χ2v) is 6.95. The second-order valence-electron chi connectivity index (χ2n) is 6.43. The van der Waals surface area contributed by atoms with E-state index in [0.717, 1.165) is 28.4 Å². The molecule has 0 amide bonds. The van der Waals surface area contributed by atoms with Crippen LogP contribution in [0.2, 0.25) is 0 Å². The summed E-state index contributed by atoms with van der Waals surface area (Å²) in [5.74, 6) is 0.889. The normalized spacial score (nSPS) is 12.6. The van der Waals surface area contributed by atoms with Gasteiger partial charge in [-0.3, -0.25) is 0 Å². The summed E-state index contributed by atoms with van der Waals surface area (Å²) in [5.41, 5.74) is 6.29. The molecule has 0 radical (unpaired) electrons. The van der Waals surface area contributed by atoms with Gasteiger partial charge in [0.15, 0.2) is 0 Å². The van der Waals surface area contributed by atoms with E-state index in [1.807, 2.05) is 36.0 Å². The van der Waals surface area contributed by atoms with Crippen molar-refractivity contribution in [3.8, 4) is 11.3 Å². The molecule has 3 aromatic heterocycles. The average Bonchev–Trinajstić information content (AvgIpc) is 3.19. The molecule has 3 heterocycles. The first kappa shape index (κ1) is 16.0. The van der Waals surface area contributed by atoms with Gasteiger partial charge in [0.1, 0.15) is 16.7 Å². The Labute approximate surface area is 152 Å². The molecule has 1 aromatic carbocycles. The van der Waals surface area contributed by atoms with Crippen LogP contribution in [0, 0.1) is 13.8 Å². The number of pyridine rings is 1. The molecule has 0 aliphatic rings. The molecule has 0 N–H and O–H groups in total. The number of imidazole rings is 2. The summed E-state index contributed by atoms with van der Waals surface area (Å²) in [6, 6.07) is 14.4. The number of rotatable bonds is 3. The predicted molar refractivity (Wildman–Crippen MR) is 104 cm³/mol. The van der Waals surface area contributed by atoms with E-state index in [1.165, 1.54) is 11.3 Å². The highest BCUT2D eigenvalue weighted by atomic mass is 32.1. The molecule has 4 rings (SSSR count). The Kier molecular flexibility index (Phi) is 3.88. The van der Waals surface area contributed by atoms with Crippen molar-refractivity contribution in [2.75, 3.05) is 0 Å². The molecule has 0 fully saturated rings. The minimum Gasteiger partial charge on any atom is -0.336 e. The number of hydrogen-bond acceptors (Lipinski definition) is 3. The van der Waals surface area contributed by atoms with Crippen LogP contribution in [0.3, 0.4) is 0 Å². The van der Waals surface area contributed by atoms with Crippen molar-refractivity contribution in [1.82, 2.24) is 18.9 Å². The molecule has 4 nitrogen and oxygen atoms in total. The molecule has 0 saturated carbocycles. The van der Waals surface area contributed by atoms with Crippen LogP contribution in [0.4, 0.5) is 0 Å². The minimum absolute atomic E-state index is 0.179. The fourth-order valence-corrected chi connectivity index (χ4v) is 3.55. The van der Waals surface area contributed by atoms with Gasteiger partial charge in [-0.25, -0.2) is 9.97 Å². The number of nitrogens with zero attached hydrogens (tertiary/aromatic N) is 4. The van der Waals surface area contributed by atoms with E-state index in [1.54, 1.807) is 0 Å². The standard InChI is InChI=1S/C20H20N4S/c1-13-9-14(2)24-12-17(21-18(24)10-13)19(25)20-22-16(11-23(20)3)15-7-5-4-6-8-15/h4-12,19,25H,1-3H3. The van der Waals surface area contributed by atoms with Crippen molar-refractivity contribution in [3.05, 3.63) is 77.6 Å². The third-order valence-electron chi connectivity index (χ3n) is 4.43. The molecular formula is C20H20N4S. The lowest BCUT2D eigenvalue weighted by Crippen LogP contribution is -2.02. The van der Waals surface area contributed by atoms with E-state index in [0.29, 0.717) is 0 Å². The van der Waals surface area contributed by atoms with Crippen molar-refractivity contribution in [2.24, 2.45) is 7.05 Å². The van der Waals surface area contributed by atoms with E-state index >= 15 is 0 Å². The largest absolute Gasteiger partial charge is 0.336 e. The Morgan fingerprint density at radius 1 is 1.00 bits per heavy atom. The fourth-order valence-electron chi connectivity index (χ4n) is 3.19. The van der Waals surface area contributed by atoms with Crippen LogP contribution in [0.25, 0.3) is 16.9 Å². The van der Waals surface area contributed by atoms with E-state index in [9.17, 15) is 0 Å². The summed E-state index contributed by atoms with van der Waals surface area (Å²) < 4.78 is 4.13. The number of hydrogen-bond donors (Lipinski definition) is 1. The van der Waals surface area contributed by atoms with Gasteiger partial charge in [-0.05, 0) is 31.5 Å². The summed E-state index contributed by atoms with van der Waals surface area (Å²) in [7, 11) is 2.00. The van der Waals surface area contributed by atoms with Gasteiger partial charge >= 0.3 is 0 Å². The molecule has 1 atom stereocenters. The molecule has 1 unspecified atom stereocenters. The number of benzene rings is 1. The summed E-state index contributed by atoms with van der Waals surface area (Å²) in [5, 5.41) is -0.179. The maximum absolute atomic E-state index is 4.82. The average molecular weight is 348 g/mol. The van der Waals surface area contributed by atoms with Crippen molar-refractivity contribution >= 4 is 18.3 Å². The molecule has 0 saturated heterocycles. The third-order valence-corrected chi connectivity index (χ3v) is 4.93. The fraction of sp³-hybridized carbons (Fsp3) is 0.200. The Hall–Kier alpha value is -2.53. The smallest absolute Gasteiger partial charge is 0.137 e. The van der Waals surface area contributed by atoms with Crippen LogP contribution in [-0.4, -0.2) is 18.9 Å². The predicted octanol–water partition coefficient (Wildman–Crippen LogP) is 4.37. The van der Waals surface area contributed by atoms with E-state index in [-0.39, 0.29) is 5.25 Å². The van der Waals surface area contributed by atoms with Crippen LogP contribution >= 0.6 is 12.6 Å². The number of aryl methyl sites for hydroxylation is 3. The third kappa shape index (κ3) is 2.85. The molecule has 0 bridgehead atoms. The second kappa shape index (κ2) is 6.08. The number of aromatic nitrogens is 4. The van der Waals surface area contributed by atoms with Crippen molar-refractivity contribution in [1.29, 1.82) is 0 Å². The number of thiol groups is 1. The zero-order valence-corrected chi connectivity index (χ0v) is 15.4. The monoisotopic (exact) mass is 348 g/mol. The van der Waals surface area contributed by atoms with Gasteiger partial charge in [-0.2, -0.15) is 12.6 Å². The Bertz CT molecular complexity index is 1050. The molecule has 25 heavy (non-hydrogen) atoms. The lowest BCUT2D eigenvalue weighted by molar-refractivity contribution is 0.807. The topological polar surface area (TPSA) is 35.1 Å². The van der Waals surface area contributed by atoms with E-state index < -0.39 is 0 Å². The molecule has 0 aliphatic carbocycles. The highest BCUT2D eigenvalue weighted by molar-refractivity contribution is 7.80. The lowest BCUT2D eigenvalue weighted by atomic mass is 10.2. The molecular weight excluding hydrogens is 328 g/mol. The van der Waals surface area contributed by atoms with E-state index in [4.69, 9.17) is 22.6 Å². The van der Waals surface area contributed by atoms with Gasteiger partial charge in [0.25, 0.3) is 0 Å². The van der Waals surface area contributed by atoms with Gasteiger partial charge in [-0.15, -0.1) is 0 Å². The van der Waals surface area contributed by atoms with Crippen molar-refractivity contribution < 1.29 is 0 Å². The SMILES string of the molecule is Cc1cc(C)n2cc(C(S)c3nc(-c4ccccc4)cn3C)nc2c1. The molecule has 126 valence electrons. The summed E-state index contributed by atoms with van der Waals surface area (Å²) in [6.45, 7) is 4.18. The Morgan fingerprint density at radius 2 is 1.76 bits per heavy atom. The summed E-state index contributed by atoms with van der Waals surface area (Å²) in [6.07, 6.45) is 4.09. The first-order chi connectivity index (χ1) is 12.0. The molecule has 5 heteroatoms. The summed E-state index contributed by atoms with van der Waals surface area (Å²) in [4.78, 5) is 9.57. The van der Waals surface area contributed by atoms with Crippen LogP contribution in [0.5, 0.6) is 0 Å². The molecule has 0 spiro atoms. The van der Waals surface area contributed by atoms with Crippen LogP contribution in [0.15, 0.2) is 54.9 Å². The Balaban J connectivity index is 1.75. The van der Waals surface area contributed by atoms with Gasteiger partial charge in [0, 0.05) is 30.7 Å². The quantitative estimate of drug-likeness (QED) is 0.558. The highest BCUT2D eigenvalue weighted by Gasteiger charge is 2.20. The highest BCUT2D eigenvalue weighted by Crippen LogP contribution is 2.29. The van der Waals surface area contributed by atoms with Crippen molar-refractivity contribution in [2.45, 2.75) is 19.1 Å². The first-order valence-electron chi connectivity index (χ1n) is 8.26. The first-order valence-corrected chi connectivity index (χ1v) is 8.77. The zero-order valence-electron chi connectivity index (χ0n) is 14.5. The van der Waals surface area contributed by atoms with Crippen molar-refractivity contribution in [3.63, 3.8) is 0 Å². The zero-order chi connectivity index (χ0) is 17.6. The number of fused-ring (bicyclic) bond motifs is 1. The Morgan fingerprint density at radius 3 is 2.52 bits per heavy atom. The van der Waals surface area contributed by atoms with Crippen LogP contribution in [0.1, 0.15) is 28.0 Å². The van der Waals surface area contributed by atoms with Gasteiger partial charge in [0.2, 0.25) is 0 Å². The van der Waals surface area contributed by atoms with Gasteiger partial charge in [-0.1, -0.05) is 30.3 Å². The minimum atomic E-state index is -0.179. The maximum atomic E-state index is 4.82. The maximum Gasteiger partial charge on any atom is 0.137 e. The van der Waals surface area contributed by atoms with Crippen LogP contribution < -0.4 is 0 Å². The molecule has 0 aliphatic heterocycles. The lowest BCUT2D eigenvalue weighted by Gasteiger charge is -2.07. The summed E-state index contributed by atoms with van der Waals surface area (Å²) >= 11 is 4.82.